The lowest BCUT2D eigenvalue weighted by atomic mass is 9.65. The first-order valence-electron chi connectivity index (χ1n) is 12.0. The summed E-state index contributed by atoms with van der Waals surface area (Å²) in [7, 11) is 1.86. The third-order valence-corrected chi connectivity index (χ3v) is 7.63. The summed E-state index contributed by atoms with van der Waals surface area (Å²) in [6.45, 7) is 8.02. The van der Waals surface area contributed by atoms with Crippen molar-refractivity contribution in [1.82, 2.24) is 9.55 Å². The van der Waals surface area contributed by atoms with E-state index in [1.54, 1.807) is 29.1 Å². The van der Waals surface area contributed by atoms with Crippen LogP contribution in [0, 0.1) is 23.7 Å². The fourth-order valence-corrected chi connectivity index (χ4v) is 5.56. The highest BCUT2D eigenvalue weighted by molar-refractivity contribution is 5.86. The van der Waals surface area contributed by atoms with Crippen LogP contribution in [0.25, 0.3) is 6.08 Å². The molecule has 0 spiro atoms. The first kappa shape index (κ1) is 24.6. The summed E-state index contributed by atoms with van der Waals surface area (Å²) < 4.78 is 14.0. The zero-order chi connectivity index (χ0) is 24.7. The molecular formula is C27H36N2O5. The molecule has 0 saturated carbocycles. The van der Waals surface area contributed by atoms with Gasteiger partial charge in [-0.25, -0.2) is 9.78 Å². The van der Waals surface area contributed by atoms with E-state index >= 15 is 0 Å². The van der Waals surface area contributed by atoms with E-state index < -0.39 is 23.5 Å². The highest BCUT2D eigenvalue weighted by Crippen LogP contribution is 2.48. The van der Waals surface area contributed by atoms with Crippen molar-refractivity contribution in [3.05, 3.63) is 59.7 Å². The van der Waals surface area contributed by atoms with Crippen molar-refractivity contribution in [2.24, 2.45) is 30.7 Å². The second kappa shape index (κ2) is 9.29. The molecule has 34 heavy (non-hydrogen) atoms. The van der Waals surface area contributed by atoms with Crippen molar-refractivity contribution in [3.63, 3.8) is 0 Å². The molecule has 1 aliphatic carbocycles. The summed E-state index contributed by atoms with van der Waals surface area (Å²) in [5, 5.41) is 21.5. The normalized spacial score (nSPS) is 35.4. The van der Waals surface area contributed by atoms with Crippen LogP contribution in [0.5, 0.6) is 0 Å². The minimum atomic E-state index is -1.73. The molecule has 1 unspecified atom stereocenters. The summed E-state index contributed by atoms with van der Waals surface area (Å²) in [6.07, 6.45) is 14.9. The van der Waals surface area contributed by atoms with Gasteiger partial charge in [0.05, 0.1) is 18.6 Å². The van der Waals surface area contributed by atoms with Gasteiger partial charge in [0.2, 0.25) is 5.79 Å². The van der Waals surface area contributed by atoms with Gasteiger partial charge in [0, 0.05) is 24.9 Å². The van der Waals surface area contributed by atoms with Crippen LogP contribution >= 0.6 is 0 Å². The van der Waals surface area contributed by atoms with Crippen molar-refractivity contribution in [2.45, 2.75) is 58.0 Å². The number of aliphatic hydroxyl groups is 2. The monoisotopic (exact) mass is 468 g/mol. The number of nitrogens with zero attached hydrogens (tertiary/aromatic N) is 2. The quantitative estimate of drug-likeness (QED) is 0.390. The number of imidazole rings is 1. The molecular weight excluding hydrogens is 432 g/mol. The minimum Gasteiger partial charge on any atom is -0.456 e. The number of esters is 1. The van der Waals surface area contributed by atoms with Crippen LogP contribution in [-0.4, -0.2) is 49.8 Å². The molecule has 0 radical (unpaired) electrons. The molecule has 3 aliphatic rings. The molecule has 7 nitrogen and oxygen atoms in total. The number of aliphatic hydroxyl groups excluding tert-OH is 1. The zero-order valence-electron chi connectivity index (χ0n) is 20.6. The SMILES string of the molecule is CC1=CC[C@H](C(C)C)[C@H]2C=C(CO)[C@@]3(O)C=C[C@](C)(O3)[C@@H](OC(=O)C=Cc3cn(C)cn3)CC12. The Bertz CT molecular complexity index is 1050. The Labute approximate surface area is 201 Å². The van der Waals surface area contributed by atoms with Crippen LogP contribution in [0.2, 0.25) is 0 Å². The lowest BCUT2D eigenvalue weighted by molar-refractivity contribution is -0.216. The maximum absolute atomic E-state index is 12.9. The topological polar surface area (TPSA) is 93.8 Å². The molecule has 2 bridgehead atoms. The smallest absolute Gasteiger partial charge is 0.331 e. The zero-order valence-corrected chi connectivity index (χ0v) is 20.6. The van der Waals surface area contributed by atoms with Gasteiger partial charge in [-0.05, 0) is 68.6 Å². The van der Waals surface area contributed by atoms with Gasteiger partial charge >= 0.3 is 5.97 Å². The molecule has 4 rings (SSSR count). The Hall–Kier alpha value is -2.48. The predicted octanol–water partition coefficient (Wildman–Crippen LogP) is 3.56. The summed E-state index contributed by atoms with van der Waals surface area (Å²) in [5.41, 5.74) is 1.29. The Morgan fingerprint density at radius 2 is 2.18 bits per heavy atom. The molecule has 2 N–H and O–H groups in total. The number of carbonyl (C=O) groups excluding carboxylic acids is 1. The molecule has 6 atom stereocenters. The molecule has 7 heteroatoms. The average molecular weight is 469 g/mol. The van der Waals surface area contributed by atoms with E-state index in [9.17, 15) is 15.0 Å². The Morgan fingerprint density at radius 3 is 2.82 bits per heavy atom. The van der Waals surface area contributed by atoms with Gasteiger partial charge in [-0.3, -0.25) is 0 Å². The summed E-state index contributed by atoms with van der Waals surface area (Å²) in [4.78, 5) is 17.1. The molecule has 0 fully saturated rings. The first-order chi connectivity index (χ1) is 16.0. The maximum Gasteiger partial charge on any atom is 0.331 e. The van der Waals surface area contributed by atoms with E-state index in [0.717, 1.165) is 6.42 Å². The van der Waals surface area contributed by atoms with Crippen LogP contribution in [-0.2, 0) is 21.3 Å². The number of aryl methyl sites for hydroxylation is 1. The van der Waals surface area contributed by atoms with Gasteiger partial charge in [0.25, 0.3) is 0 Å². The Kier molecular flexibility index (Phi) is 6.73. The molecule has 184 valence electrons. The predicted molar refractivity (Wildman–Crippen MR) is 129 cm³/mol. The van der Waals surface area contributed by atoms with Crippen LogP contribution in [0.4, 0.5) is 0 Å². The Morgan fingerprint density at radius 1 is 1.41 bits per heavy atom. The lowest BCUT2D eigenvalue weighted by Gasteiger charge is -2.41. The van der Waals surface area contributed by atoms with E-state index in [2.05, 4.69) is 31.8 Å². The van der Waals surface area contributed by atoms with Gasteiger partial charge in [0.1, 0.15) is 11.7 Å². The minimum absolute atomic E-state index is 0.0846. The molecule has 0 saturated heterocycles. The van der Waals surface area contributed by atoms with Gasteiger partial charge in [-0.15, -0.1) is 0 Å². The van der Waals surface area contributed by atoms with Crippen molar-refractivity contribution >= 4 is 12.0 Å². The lowest BCUT2D eigenvalue weighted by Crippen LogP contribution is -2.47. The number of aromatic nitrogens is 2. The van der Waals surface area contributed by atoms with Crippen LogP contribution < -0.4 is 0 Å². The number of fused-ring (bicyclic) bond motifs is 3. The van der Waals surface area contributed by atoms with Gasteiger partial charge < -0.3 is 24.3 Å². The van der Waals surface area contributed by atoms with Crippen molar-refractivity contribution in [3.8, 4) is 0 Å². The molecule has 0 amide bonds. The molecule has 0 aromatic carbocycles. The number of carbonyl (C=O) groups is 1. The van der Waals surface area contributed by atoms with Crippen molar-refractivity contribution in [1.29, 1.82) is 0 Å². The number of hydrogen-bond acceptors (Lipinski definition) is 6. The van der Waals surface area contributed by atoms with Gasteiger partial charge in [0.15, 0.2) is 0 Å². The number of hydrogen-bond donors (Lipinski definition) is 2. The first-order valence-corrected chi connectivity index (χ1v) is 12.0. The highest BCUT2D eigenvalue weighted by Gasteiger charge is 2.52. The maximum atomic E-state index is 12.9. The van der Waals surface area contributed by atoms with Gasteiger partial charge in [-0.1, -0.05) is 31.6 Å². The number of allylic oxidation sites excluding steroid dienone is 3. The molecule has 3 heterocycles. The second-order valence-electron chi connectivity index (χ2n) is 10.4. The molecule has 1 aromatic heterocycles. The highest BCUT2D eigenvalue weighted by atomic mass is 16.7. The standard InChI is InChI=1S/C27H36N2O5/c1-17(2)21-8-6-18(3)22-13-24(33-25(31)9-7-20-14-29(5)16-28-20)26(4)10-11-27(32,34-26)19(15-30)12-23(21)22/h6-7,9-12,14,16-17,21-24,30,32H,8,13,15H2,1-5H3/t21-,22?,23-,24+,26+,27-/m1/s1. The van der Waals surface area contributed by atoms with Crippen molar-refractivity contribution < 1.29 is 24.5 Å². The third kappa shape index (κ3) is 4.69. The summed E-state index contributed by atoms with van der Waals surface area (Å²) in [5.74, 6) is -1.29. The Balaban J connectivity index is 1.69. The van der Waals surface area contributed by atoms with Crippen LogP contribution in [0.1, 0.15) is 46.2 Å². The second-order valence-corrected chi connectivity index (χ2v) is 10.4. The number of rotatable bonds is 5. The average Bonchev–Trinajstić information content (AvgIpc) is 3.35. The van der Waals surface area contributed by atoms with E-state index in [4.69, 9.17) is 9.47 Å². The largest absolute Gasteiger partial charge is 0.456 e. The van der Waals surface area contributed by atoms with Gasteiger partial charge in [-0.2, -0.15) is 0 Å². The van der Waals surface area contributed by atoms with E-state index in [-0.39, 0.29) is 18.4 Å². The van der Waals surface area contributed by atoms with E-state index in [1.165, 1.54) is 11.6 Å². The van der Waals surface area contributed by atoms with E-state index in [0.29, 0.717) is 29.5 Å². The summed E-state index contributed by atoms with van der Waals surface area (Å²) >= 11 is 0. The van der Waals surface area contributed by atoms with Crippen LogP contribution in [0.3, 0.4) is 0 Å². The molecule has 2 aliphatic heterocycles. The molecule has 1 aromatic rings. The summed E-state index contributed by atoms with van der Waals surface area (Å²) in [6, 6.07) is 0. The fourth-order valence-electron chi connectivity index (χ4n) is 5.56. The van der Waals surface area contributed by atoms with Crippen molar-refractivity contribution in [2.75, 3.05) is 6.61 Å². The van der Waals surface area contributed by atoms with E-state index in [1.807, 2.05) is 26.2 Å². The number of ether oxygens (including phenoxy) is 2. The van der Waals surface area contributed by atoms with Crippen LogP contribution in [0.15, 0.2) is 54.1 Å². The fraction of sp³-hybridized carbons (Fsp3) is 0.556. The third-order valence-electron chi connectivity index (χ3n) is 7.63.